The van der Waals surface area contributed by atoms with E-state index in [4.69, 9.17) is 0 Å². The van der Waals surface area contributed by atoms with Crippen LogP contribution in [0.15, 0.2) is 84.9 Å². The number of anilines is 1. The van der Waals surface area contributed by atoms with E-state index in [0.29, 0.717) is 0 Å². The molecule has 3 aromatic carbocycles. The van der Waals surface area contributed by atoms with Crippen LogP contribution in [0.1, 0.15) is 22.6 Å². The smallest absolute Gasteiger partial charge is 0.236 e. The molecule has 0 saturated heterocycles. The van der Waals surface area contributed by atoms with E-state index in [1.165, 1.54) is 5.56 Å². The predicted molar refractivity (Wildman–Crippen MR) is 112 cm³/mol. The van der Waals surface area contributed by atoms with Crippen molar-refractivity contribution in [3.63, 3.8) is 0 Å². The van der Waals surface area contributed by atoms with E-state index in [1.54, 1.807) is 0 Å². The second-order valence-corrected chi connectivity index (χ2v) is 6.99. The number of nitrogens with one attached hydrogen (secondary N) is 1. The molecular formula is C24H26N2O. The monoisotopic (exact) mass is 358 g/mol. The lowest BCUT2D eigenvalue weighted by Gasteiger charge is -2.18. The highest BCUT2D eigenvalue weighted by atomic mass is 16.1. The van der Waals surface area contributed by atoms with Crippen LogP contribution < -0.4 is 5.32 Å². The Morgan fingerprint density at radius 1 is 0.815 bits per heavy atom. The largest absolute Gasteiger partial charge is 0.325 e. The fourth-order valence-electron chi connectivity index (χ4n) is 3.11. The molecule has 3 nitrogen and oxygen atoms in total. The SMILES string of the molecule is CN(C)CCc1ccc(NC(=O)C(c2ccccc2)c2ccccc2)cc1. The van der Waals surface area contributed by atoms with Crippen molar-refractivity contribution in [3.05, 3.63) is 102 Å². The fourth-order valence-corrected chi connectivity index (χ4v) is 3.11. The van der Waals surface area contributed by atoms with E-state index < -0.39 is 0 Å². The maximum Gasteiger partial charge on any atom is 0.236 e. The van der Waals surface area contributed by atoms with Crippen LogP contribution in [-0.2, 0) is 11.2 Å². The molecule has 0 aliphatic heterocycles. The number of amides is 1. The van der Waals surface area contributed by atoms with Crippen LogP contribution in [0.4, 0.5) is 5.69 Å². The van der Waals surface area contributed by atoms with Crippen molar-refractivity contribution in [2.75, 3.05) is 26.0 Å². The molecule has 0 spiro atoms. The molecule has 27 heavy (non-hydrogen) atoms. The summed E-state index contributed by atoms with van der Waals surface area (Å²) in [4.78, 5) is 15.3. The Kier molecular flexibility index (Phi) is 6.39. The van der Waals surface area contributed by atoms with Crippen molar-refractivity contribution >= 4 is 11.6 Å². The first-order valence-corrected chi connectivity index (χ1v) is 9.28. The van der Waals surface area contributed by atoms with Gasteiger partial charge in [0, 0.05) is 12.2 Å². The predicted octanol–water partition coefficient (Wildman–Crippen LogP) is 4.56. The van der Waals surface area contributed by atoms with Crippen molar-refractivity contribution in [2.24, 2.45) is 0 Å². The average molecular weight is 358 g/mol. The van der Waals surface area contributed by atoms with Crippen LogP contribution in [-0.4, -0.2) is 31.4 Å². The Balaban J connectivity index is 1.77. The number of benzene rings is 3. The molecule has 0 aliphatic rings. The van der Waals surface area contributed by atoms with Crippen LogP contribution in [0, 0.1) is 0 Å². The van der Waals surface area contributed by atoms with Gasteiger partial charge in [-0.05, 0) is 49.3 Å². The average Bonchev–Trinajstić information content (AvgIpc) is 2.69. The third-order valence-corrected chi connectivity index (χ3v) is 4.60. The number of rotatable bonds is 7. The van der Waals surface area contributed by atoms with Crippen molar-refractivity contribution in [1.29, 1.82) is 0 Å². The summed E-state index contributed by atoms with van der Waals surface area (Å²) >= 11 is 0. The lowest BCUT2D eigenvalue weighted by molar-refractivity contribution is -0.116. The molecule has 0 aromatic heterocycles. The molecule has 3 aromatic rings. The van der Waals surface area contributed by atoms with Gasteiger partial charge in [-0.1, -0.05) is 72.8 Å². The molecule has 3 heteroatoms. The topological polar surface area (TPSA) is 32.3 Å². The maximum atomic E-state index is 13.1. The van der Waals surface area contributed by atoms with Gasteiger partial charge in [0.15, 0.2) is 0 Å². The maximum absolute atomic E-state index is 13.1. The van der Waals surface area contributed by atoms with Crippen molar-refractivity contribution < 1.29 is 4.79 Å². The number of nitrogens with zero attached hydrogens (tertiary/aromatic N) is 1. The third-order valence-electron chi connectivity index (χ3n) is 4.60. The van der Waals surface area contributed by atoms with Gasteiger partial charge in [0.2, 0.25) is 5.91 Å². The van der Waals surface area contributed by atoms with Gasteiger partial charge in [0.25, 0.3) is 0 Å². The van der Waals surface area contributed by atoms with E-state index in [9.17, 15) is 4.79 Å². The molecule has 1 amide bonds. The minimum Gasteiger partial charge on any atom is -0.325 e. The van der Waals surface area contributed by atoms with E-state index in [0.717, 1.165) is 29.8 Å². The standard InChI is InChI=1S/C24H26N2O/c1-26(2)18-17-19-13-15-22(16-14-19)25-24(27)23(20-9-5-3-6-10-20)21-11-7-4-8-12-21/h3-16,23H,17-18H2,1-2H3,(H,25,27). The quantitative estimate of drug-likeness (QED) is 0.671. The van der Waals surface area contributed by atoms with Crippen molar-refractivity contribution in [1.82, 2.24) is 4.90 Å². The minimum atomic E-state index is -0.333. The van der Waals surface area contributed by atoms with E-state index in [2.05, 4.69) is 36.4 Å². The van der Waals surface area contributed by atoms with Crippen LogP contribution in [0.2, 0.25) is 0 Å². The van der Waals surface area contributed by atoms with E-state index >= 15 is 0 Å². The number of likely N-dealkylation sites (N-methyl/N-ethyl adjacent to an activating group) is 1. The van der Waals surface area contributed by atoms with E-state index in [1.807, 2.05) is 72.8 Å². The summed E-state index contributed by atoms with van der Waals surface area (Å²) in [5, 5.41) is 3.08. The number of hydrogen-bond acceptors (Lipinski definition) is 2. The van der Waals surface area contributed by atoms with Gasteiger partial charge in [-0.3, -0.25) is 4.79 Å². The van der Waals surface area contributed by atoms with Crippen LogP contribution in [0.5, 0.6) is 0 Å². The highest BCUT2D eigenvalue weighted by molar-refractivity contribution is 5.98. The Hall–Kier alpha value is -2.91. The Morgan fingerprint density at radius 3 is 1.81 bits per heavy atom. The van der Waals surface area contributed by atoms with Gasteiger partial charge >= 0.3 is 0 Å². The van der Waals surface area contributed by atoms with E-state index in [-0.39, 0.29) is 11.8 Å². The molecule has 0 radical (unpaired) electrons. The summed E-state index contributed by atoms with van der Waals surface area (Å²) in [5.41, 5.74) is 4.07. The summed E-state index contributed by atoms with van der Waals surface area (Å²) in [6.45, 7) is 1.01. The van der Waals surface area contributed by atoms with Crippen LogP contribution in [0.25, 0.3) is 0 Å². The third kappa shape index (κ3) is 5.28. The molecule has 0 atom stereocenters. The molecule has 0 aliphatic carbocycles. The lowest BCUT2D eigenvalue weighted by atomic mass is 9.90. The lowest BCUT2D eigenvalue weighted by Crippen LogP contribution is -2.22. The Morgan fingerprint density at radius 2 is 1.33 bits per heavy atom. The molecule has 138 valence electrons. The first-order chi connectivity index (χ1) is 13.1. The number of carbonyl (C=O) groups is 1. The molecule has 0 fully saturated rings. The molecule has 0 unspecified atom stereocenters. The minimum absolute atomic E-state index is 0.0200. The summed E-state index contributed by atoms with van der Waals surface area (Å²) < 4.78 is 0. The van der Waals surface area contributed by atoms with Gasteiger partial charge in [-0.25, -0.2) is 0 Å². The summed E-state index contributed by atoms with van der Waals surface area (Å²) in [5.74, 6) is -0.353. The van der Waals surface area contributed by atoms with Gasteiger partial charge in [0.1, 0.15) is 0 Å². The van der Waals surface area contributed by atoms with Gasteiger partial charge in [-0.2, -0.15) is 0 Å². The zero-order valence-corrected chi connectivity index (χ0v) is 15.9. The summed E-state index contributed by atoms with van der Waals surface area (Å²) in [6.07, 6.45) is 0.998. The first kappa shape index (κ1) is 18.9. The van der Waals surface area contributed by atoms with Gasteiger partial charge < -0.3 is 10.2 Å². The zero-order chi connectivity index (χ0) is 19.1. The molecule has 1 N–H and O–H groups in total. The molecule has 0 saturated carbocycles. The molecule has 0 heterocycles. The second-order valence-electron chi connectivity index (χ2n) is 6.99. The molecule has 3 rings (SSSR count). The molecular weight excluding hydrogens is 332 g/mol. The summed E-state index contributed by atoms with van der Waals surface area (Å²) in [7, 11) is 4.14. The Labute approximate surface area is 161 Å². The fraction of sp³-hybridized carbons (Fsp3) is 0.208. The number of carbonyl (C=O) groups excluding carboxylic acids is 1. The van der Waals surface area contributed by atoms with Crippen molar-refractivity contribution in [3.8, 4) is 0 Å². The normalized spacial score (nSPS) is 11.0. The molecule has 0 bridgehead atoms. The highest BCUT2D eigenvalue weighted by Crippen LogP contribution is 2.26. The van der Waals surface area contributed by atoms with Crippen LogP contribution in [0.3, 0.4) is 0 Å². The zero-order valence-electron chi connectivity index (χ0n) is 15.9. The summed E-state index contributed by atoms with van der Waals surface area (Å²) in [6, 6.07) is 28.0. The van der Waals surface area contributed by atoms with Gasteiger partial charge in [0.05, 0.1) is 5.92 Å². The highest BCUT2D eigenvalue weighted by Gasteiger charge is 2.22. The van der Waals surface area contributed by atoms with Crippen molar-refractivity contribution in [2.45, 2.75) is 12.3 Å². The first-order valence-electron chi connectivity index (χ1n) is 9.28. The van der Waals surface area contributed by atoms with Crippen LogP contribution >= 0.6 is 0 Å². The number of hydrogen-bond donors (Lipinski definition) is 1. The van der Waals surface area contributed by atoms with Gasteiger partial charge in [-0.15, -0.1) is 0 Å². The second kappa shape index (κ2) is 9.15. The Bertz CT molecular complexity index is 803.